The number of rotatable bonds is 10. The van der Waals surface area contributed by atoms with Crippen molar-refractivity contribution in [1.29, 1.82) is 0 Å². The van der Waals surface area contributed by atoms with Crippen LogP contribution in [0, 0.1) is 5.92 Å². The molecular weight excluding hydrogens is 426 g/mol. The number of hydrogen-bond donors (Lipinski definition) is 1. The van der Waals surface area contributed by atoms with Crippen LogP contribution in [-0.4, -0.2) is 34.5 Å². The second kappa shape index (κ2) is 11.4. The van der Waals surface area contributed by atoms with E-state index >= 15 is 0 Å². The zero-order valence-corrected chi connectivity index (χ0v) is 21.1. The van der Waals surface area contributed by atoms with Gasteiger partial charge >= 0.3 is 5.97 Å². The summed E-state index contributed by atoms with van der Waals surface area (Å²) in [5.74, 6) is -0.658. The van der Waals surface area contributed by atoms with Crippen LogP contribution in [0.25, 0.3) is 0 Å². The Hall–Kier alpha value is -2.73. The largest absolute Gasteiger partial charge is 0.469 e. The summed E-state index contributed by atoms with van der Waals surface area (Å²) >= 11 is 0. The summed E-state index contributed by atoms with van der Waals surface area (Å²) in [6, 6.07) is 31.1. The number of benzene rings is 3. The lowest BCUT2D eigenvalue weighted by Gasteiger charge is -2.43. The molecule has 0 amide bonds. The van der Waals surface area contributed by atoms with E-state index in [2.05, 4.69) is 86.8 Å². The second-order valence-corrected chi connectivity index (χ2v) is 13.6. The van der Waals surface area contributed by atoms with Gasteiger partial charge in [0.05, 0.1) is 13.0 Å². The van der Waals surface area contributed by atoms with E-state index in [9.17, 15) is 4.79 Å². The third kappa shape index (κ3) is 5.99. The molecule has 4 nitrogen and oxygen atoms in total. The van der Waals surface area contributed by atoms with Crippen molar-refractivity contribution >= 4 is 24.7 Å². The number of carbonyl (C=O) groups excluding carboxylic acids is 1. The van der Waals surface area contributed by atoms with Gasteiger partial charge in [-0.05, 0) is 21.0 Å². The Morgan fingerprint density at radius 1 is 0.848 bits per heavy atom. The minimum absolute atomic E-state index is 0.145. The number of methoxy groups -OCH3 is 1. The number of hydrogen-bond acceptors (Lipinski definition) is 4. The molecule has 0 radical (unpaired) electrons. The van der Waals surface area contributed by atoms with Gasteiger partial charge in [-0.15, -0.1) is 0 Å². The highest BCUT2D eigenvalue weighted by Crippen LogP contribution is 2.37. The fraction of sp³-hybridized carbons (Fsp3) is 0.321. The Bertz CT molecular complexity index is 948. The Labute approximate surface area is 199 Å². The van der Waals surface area contributed by atoms with Gasteiger partial charge in [-0.3, -0.25) is 4.79 Å². The summed E-state index contributed by atoms with van der Waals surface area (Å²) in [6.45, 7) is 8.18. The van der Waals surface area contributed by atoms with E-state index in [1.54, 1.807) is 0 Å². The van der Waals surface area contributed by atoms with Gasteiger partial charge in [-0.1, -0.05) is 112 Å². The van der Waals surface area contributed by atoms with E-state index in [4.69, 9.17) is 9.16 Å². The van der Waals surface area contributed by atoms with Gasteiger partial charge in [0.2, 0.25) is 0 Å². The van der Waals surface area contributed by atoms with E-state index in [-0.39, 0.29) is 11.0 Å². The van der Waals surface area contributed by atoms with E-state index in [1.807, 2.05) is 30.3 Å². The van der Waals surface area contributed by atoms with Gasteiger partial charge in [0, 0.05) is 19.7 Å². The molecule has 0 spiro atoms. The smallest absolute Gasteiger partial charge is 0.312 e. The van der Waals surface area contributed by atoms with Gasteiger partial charge in [0.15, 0.2) is 0 Å². The van der Waals surface area contributed by atoms with Gasteiger partial charge < -0.3 is 14.5 Å². The highest BCUT2D eigenvalue weighted by molar-refractivity contribution is 6.99. The maximum Gasteiger partial charge on any atom is 0.312 e. The van der Waals surface area contributed by atoms with Gasteiger partial charge in [-0.25, -0.2) is 0 Å². The molecule has 174 valence electrons. The number of nitrogens with one attached hydrogen (secondary N) is 1. The lowest BCUT2D eigenvalue weighted by molar-refractivity contribution is -0.146. The molecule has 0 aliphatic heterocycles. The molecule has 0 aromatic heterocycles. The fourth-order valence-electron chi connectivity index (χ4n) is 4.35. The number of ether oxygens (including phenoxy) is 1. The standard InChI is InChI=1S/C28H35NO3Si/c1-28(2,3)33(25-16-10-6-11-17-25,26-18-12-7-13-19-26)32-22-24(27(30)31-4)21-29-20-23-14-8-5-9-15-23/h5-19,24,29H,20-22H2,1-4H3. The molecule has 3 aromatic carbocycles. The minimum atomic E-state index is -2.71. The van der Waals surface area contributed by atoms with E-state index in [0.717, 1.165) is 0 Å². The molecule has 5 heteroatoms. The van der Waals surface area contributed by atoms with Crippen LogP contribution in [-0.2, 0) is 20.5 Å². The molecule has 3 aromatic rings. The molecule has 0 heterocycles. The molecule has 1 N–H and O–H groups in total. The van der Waals surface area contributed by atoms with Crippen molar-refractivity contribution in [3.05, 3.63) is 96.6 Å². The monoisotopic (exact) mass is 461 g/mol. The van der Waals surface area contributed by atoms with Crippen molar-refractivity contribution in [3.63, 3.8) is 0 Å². The molecule has 0 bridgehead atoms. The van der Waals surface area contributed by atoms with Crippen LogP contribution >= 0.6 is 0 Å². The SMILES string of the molecule is COC(=O)C(CNCc1ccccc1)CO[Si](c1ccccc1)(c1ccccc1)C(C)(C)C. The Morgan fingerprint density at radius 2 is 1.33 bits per heavy atom. The normalized spacial score (nSPS) is 12.8. The van der Waals surface area contributed by atoms with Crippen molar-refractivity contribution in [2.45, 2.75) is 32.4 Å². The third-order valence-corrected chi connectivity index (χ3v) is 11.0. The van der Waals surface area contributed by atoms with Crippen molar-refractivity contribution in [1.82, 2.24) is 5.32 Å². The van der Waals surface area contributed by atoms with E-state index < -0.39 is 14.2 Å². The minimum Gasteiger partial charge on any atom is -0.469 e. The molecule has 0 fully saturated rings. The van der Waals surface area contributed by atoms with Crippen molar-refractivity contribution in [2.24, 2.45) is 5.92 Å². The zero-order chi connectivity index (χ0) is 23.7. The zero-order valence-electron chi connectivity index (χ0n) is 20.1. The van der Waals surface area contributed by atoms with Gasteiger partial charge in [-0.2, -0.15) is 0 Å². The maximum absolute atomic E-state index is 12.7. The van der Waals surface area contributed by atoms with Crippen LogP contribution in [0.1, 0.15) is 26.3 Å². The van der Waals surface area contributed by atoms with E-state index in [0.29, 0.717) is 19.7 Å². The summed E-state index contributed by atoms with van der Waals surface area (Å²) in [6.07, 6.45) is 0. The molecule has 0 saturated carbocycles. The average molecular weight is 462 g/mol. The second-order valence-electron chi connectivity index (χ2n) is 9.31. The highest BCUT2D eigenvalue weighted by atomic mass is 28.4. The molecule has 0 saturated heterocycles. The fourth-order valence-corrected chi connectivity index (χ4v) is 8.96. The van der Waals surface area contributed by atoms with Crippen molar-refractivity contribution in [2.75, 3.05) is 20.3 Å². The lowest BCUT2D eigenvalue weighted by Crippen LogP contribution is -2.67. The first-order valence-electron chi connectivity index (χ1n) is 11.5. The molecule has 0 aliphatic carbocycles. The summed E-state index contributed by atoms with van der Waals surface area (Å²) < 4.78 is 12.1. The van der Waals surface area contributed by atoms with Crippen LogP contribution in [0.2, 0.25) is 5.04 Å². The molecular formula is C28H35NO3Si. The molecule has 33 heavy (non-hydrogen) atoms. The first kappa shape index (κ1) is 24.9. The van der Waals surface area contributed by atoms with Gasteiger partial charge in [0.1, 0.15) is 0 Å². The molecule has 3 rings (SSSR count). The Kier molecular flexibility index (Phi) is 8.61. The van der Waals surface area contributed by atoms with Crippen LogP contribution < -0.4 is 15.7 Å². The molecule has 0 aliphatic rings. The van der Waals surface area contributed by atoms with Crippen LogP contribution in [0.3, 0.4) is 0 Å². The van der Waals surface area contributed by atoms with Crippen molar-refractivity contribution in [3.8, 4) is 0 Å². The maximum atomic E-state index is 12.7. The topological polar surface area (TPSA) is 47.6 Å². The first-order chi connectivity index (χ1) is 15.9. The number of carbonyl (C=O) groups is 1. The van der Waals surface area contributed by atoms with Crippen LogP contribution in [0.4, 0.5) is 0 Å². The lowest BCUT2D eigenvalue weighted by atomic mass is 10.1. The van der Waals surface area contributed by atoms with E-state index in [1.165, 1.54) is 23.0 Å². The average Bonchev–Trinajstić information content (AvgIpc) is 2.84. The Morgan fingerprint density at radius 3 is 1.79 bits per heavy atom. The van der Waals surface area contributed by atoms with Crippen molar-refractivity contribution < 1.29 is 14.0 Å². The Balaban J connectivity index is 1.88. The summed E-state index contributed by atoms with van der Waals surface area (Å²) in [5, 5.41) is 5.66. The predicted octanol–water partition coefficient (Wildman–Crippen LogP) is 4.14. The molecule has 1 atom stereocenters. The molecule has 1 unspecified atom stereocenters. The number of esters is 1. The predicted molar refractivity (Wildman–Crippen MR) is 137 cm³/mol. The summed E-state index contributed by atoms with van der Waals surface area (Å²) in [7, 11) is -1.27. The quantitative estimate of drug-likeness (QED) is 0.364. The van der Waals surface area contributed by atoms with Crippen LogP contribution in [0.15, 0.2) is 91.0 Å². The first-order valence-corrected chi connectivity index (χ1v) is 13.4. The highest BCUT2D eigenvalue weighted by Gasteiger charge is 2.50. The third-order valence-electron chi connectivity index (χ3n) is 6.02. The summed E-state index contributed by atoms with van der Waals surface area (Å²) in [5.41, 5.74) is 1.18. The van der Waals surface area contributed by atoms with Crippen LogP contribution in [0.5, 0.6) is 0 Å². The van der Waals surface area contributed by atoms with Gasteiger partial charge in [0.25, 0.3) is 8.32 Å². The summed E-state index contributed by atoms with van der Waals surface area (Å²) in [4.78, 5) is 12.7.